The molecular formula is C48H40ClN3O7. The fraction of sp³-hybridized carbons (Fsp3) is 0.208. The molecule has 0 unspecified atom stereocenters. The molecule has 4 aliphatic rings. The van der Waals surface area contributed by atoms with Crippen molar-refractivity contribution in [2.75, 3.05) is 29.3 Å². The molecule has 2 aliphatic carbocycles. The topological polar surface area (TPSA) is 125 Å². The van der Waals surface area contributed by atoms with Crippen LogP contribution in [0.3, 0.4) is 0 Å². The van der Waals surface area contributed by atoms with Crippen molar-refractivity contribution in [2.24, 2.45) is 29.6 Å². The molecule has 0 radical (unpaired) electrons. The first kappa shape index (κ1) is 37.9. The van der Waals surface area contributed by atoms with Crippen LogP contribution >= 0.6 is 11.6 Å². The summed E-state index contributed by atoms with van der Waals surface area (Å²) < 4.78 is 10.9. The minimum atomic E-state index is -1.43. The van der Waals surface area contributed by atoms with Crippen LogP contribution in [0.5, 0.6) is 17.2 Å². The number of carbonyl (C=O) groups is 4. The van der Waals surface area contributed by atoms with Crippen LogP contribution in [-0.4, -0.2) is 43.0 Å². The number of halogens is 1. The molecule has 2 aliphatic heterocycles. The van der Waals surface area contributed by atoms with Gasteiger partial charge in [-0.05, 0) is 96.6 Å². The van der Waals surface area contributed by atoms with Crippen molar-refractivity contribution in [3.63, 3.8) is 0 Å². The van der Waals surface area contributed by atoms with Crippen LogP contribution in [0, 0.1) is 29.6 Å². The minimum Gasteiger partial charge on any atom is -0.502 e. The first-order valence-electron chi connectivity index (χ1n) is 19.5. The van der Waals surface area contributed by atoms with Crippen LogP contribution in [-0.2, 0) is 24.6 Å². The van der Waals surface area contributed by atoms with E-state index >= 15 is 9.59 Å². The van der Waals surface area contributed by atoms with Gasteiger partial charge < -0.3 is 19.9 Å². The standard InChI is InChI=1S/C48H40ClN3O7/c1-58-40-24-28(25-41(59-2)43(40)53)16-23-38-35-21-22-36-42(46(56)51(44(36)54)33-19-17-32(18-20-33)50-31-13-7-4-8-14-31)37(35)27-39-45(55)52(34-15-9-12-30(49)26-34)47(57)48(38,39)29-10-5-3-6-11-29/h3-21,23-26,36-39,42,50,53H,22,27H2,1-2H3/t36-,37+,38-,39-,42-,48-/m0/s1. The average molecular weight is 806 g/mol. The third-order valence-corrected chi connectivity index (χ3v) is 12.6. The lowest BCUT2D eigenvalue weighted by atomic mass is 9.50. The third kappa shape index (κ3) is 6.09. The van der Waals surface area contributed by atoms with Crippen molar-refractivity contribution < 1.29 is 33.8 Å². The predicted octanol–water partition coefficient (Wildman–Crippen LogP) is 8.72. The number of amides is 4. The summed E-state index contributed by atoms with van der Waals surface area (Å²) in [4.78, 5) is 62.1. The molecule has 2 saturated heterocycles. The lowest BCUT2D eigenvalue weighted by Gasteiger charge is -2.49. The first-order chi connectivity index (χ1) is 28.6. The van der Waals surface area contributed by atoms with Gasteiger partial charge in [0.15, 0.2) is 11.5 Å². The van der Waals surface area contributed by atoms with E-state index in [9.17, 15) is 14.7 Å². The zero-order valence-electron chi connectivity index (χ0n) is 32.2. The number of nitrogens with zero attached hydrogens (tertiary/aromatic N) is 2. The first-order valence-corrected chi connectivity index (χ1v) is 19.9. The zero-order chi connectivity index (χ0) is 41.0. The maximum absolute atomic E-state index is 15.4. The highest BCUT2D eigenvalue weighted by Gasteiger charge is 2.69. The molecule has 6 atom stereocenters. The molecule has 59 heavy (non-hydrogen) atoms. The molecule has 5 aromatic carbocycles. The summed E-state index contributed by atoms with van der Waals surface area (Å²) in [6.07, 6.45) is 6.20. The number of benzene rings is 5. The smallest absolute Gasteiger partial charge is 0.246 e. The van der Waals surface area contributed by atoms with E-state index in [1.165, 1.54) is 24.0 Å². The number of ether oxygens (including phenoxy) is 2. The molecular weight excluding hydrogens is 766 g/mol. The van der Waals surface area contributed by atoms with Gasteiger partial charge in [-0.2, -0.15) is 0 Å². The Morgan fingerprint density at radius 2 is 1.39 bits per heavy atom. The minimum absolute atomic E-state index is 0.156. The van der Waals surface area contributed by atoms with Crippen LogP contribution in [0.25, 0.3) is 6.08 Å². The molecule has 2 heterocycles. The Kier molecular flexibility index (Phi) is 9.60. The number of rotatable bonds is 9. The summed E-state index contributed by atoms with van der Waals surface area (Å²) in [5, 5.41) is 14.4. The van der Waals surface area contributed by atoms with Gasteiger partial charge in [0.2, 0.25) is 29.4 Å². The van der Waals surface area contributed by atoms with Crippen LogP contribution < -0.4 is 24.6 Å². The number of para-hydroxylation sites is 1. The quantitative estimate of drug-likeness (QED) is 0.112. The Hall–Kier alpha value is -6.65. The lowest BCUT2D eigenvalue weighted by molar-refractivity contribution is -0.128. The maximum atomic E-state index is 15.4. The van der Waals surface area contributed by atoms with Crippen LogP contribution in [0.1, 0.15) is 24.0 Å². The highest BCUT2D eigenvalue weighted by Crippen LogP contribution is 2.62. The molecule has 296 valence electrons. The highest BCUT2D eigenvalue weighted by molar-refractivity contribution is 6.32. The van der Waals surface area contributed by atoms with Gasteiger partial charge >= 0.3 is 0 Å². The van der Waals surface area contributed by atoms with E-state index in [1.54, 1.807) is 48.5 Å². The second-order valence-electron chi connectivity index (χ2n) is 15.3. The van der Waals surface area contributed by atoms with Gasteiger partial charge in [0.25, 0.3) is 0 Å². The number of hydrogen-bond acceptors (Lipinski definition) is 8. The van der Waals surface area contributed by atoms with Crippen molar-refractivity contribution >= 4 is 64.1 Å². The zero-order valence-corrected chi connectivity index (χ0v) is 33.0. The van der Waals surface area contributed by atoms with Gasteiger partial charge in [-0.15, -0.1) is 0 Å². The summed E-state index contributed by atoms with van der Waals surface area (Å²) in [7, 11) is 2.89. The molecule has 1 saturated carbocycles. The van der Waals surface area contributed by atoms with Crippen LogP contribution in [0.15, 0.2) is 139 Å². The Morgan fingerprint density at radius 1 is 0.729 bits per heavy atom. The van der Waals surface area contributed by atoms with Gasteiger partial charge in [0.05, 0.1) is 48.8 Å². The second-order valence-corrected chi connectivity index (χ2v) is 15.8. The molecule has 0 aromatic heterocycles. The maximum Gasteiger partial charge on any atom is 0.246 e. The highest BCUT2D eigenvalue weighted by atomic mass is 35.5. The molecule has 4 amide bonds. The van der Waals surface area contributed by atoms with Gasteiger partial charge in [0.1, 0.15) is 0 Å². The number of allylic oxidation sites excluding steroid dienone is 3. The van der Waals surface area contributed by atoms with Crippen LogP contribution in [0.2, 0.25) is 5.02 Å². The summed E-state index contributed by atoms with van der Waals surface area (Å²) in [5.74, 6) is -4.77. The number of nitrogens with one attached hydrogen (secondary N) is 1. The van der Waals surface area contributed by atoms with E-state index in [1.807, 2.05) is 91.0 Å². The van der Waals surface area contributed by atoms with E-state index in [2.05, 4.69) is 5.32 Å². The number of fused-ring (bicyclic) bond motifs is 4. The Labute approximate surface area is 346 Å². The largest absolute Gasteiger partial charge is 0.502 e. The third-order valence-electron chi connectivity index (χ3n) is 12.4. The van der Waals surface area contributed by atoms with E-state index in [-0.39, 0.29) is 41.9 Å². The monoisotopic (exact) mass is 805 g/mol. The fourth-order valence-electron chi connectivity index (χ4n) is 9.84. The summed E-state index contributed by atoms with van der Waals surface area (Å²) in [6, 6.07) is 36.2. The number of aromatic hydroxyl groups is 1. The number of hydrogen-bond donors (Lipinski definition) is 2. The van der Waals surface area contributed by atoms with E-state index in [0.29, 0.717) is 27.5 Å². The normalized spacial score (nSPS) is 24.8. The number of anilines is 4. The number of phenols is 1. The molecule has 9 rings (SSSR count). The fourth-order valence-corrected chi connectivity index (χ4v) is 10.0. The van der Waals surface area contributed by atoms with E-state index in [0.717, 1.165) is 16.9 Å². The van der Waals surface area contributed by atoms with Crippen molar-refractivity contribution in [3.05, 3.63) is 155 Å². The molecule has 0 spiro atoms. The van der Waals surface area contributed by atoms with Crippen molar-refractivity contribution in [1.82, 2.24) is 0 Å². The molecule has 5 aromatic rings. The summed E-state index contributed by atoms with van der Waals surface area (Å²) in [5.41, 5.74) is 3.19. The summed E-state index contributed by atoms with van der Waals surface area (Å²) in [6.45, 7) is 0. The number of methoxy groups -OCH3 is 2. The molecule has 0 bridgehead atoms. The average Bonchev–Trinajstić information content (AvgIpc) is 3.65. The Balaban J connectivity index is 1.16. The number of phenolic OH excluding ortho intramolecular Hbond substituents is 1. The molecule has 2 N–H and O–H groups in total. The van der Waals surface area contributed by atoms with Crippen molar-refractivity contribution in [2.45, 2.75) is 18.3 Å². The molecule has 3 fully saturated rings. The molecule has 10 nitrogen and oxygen atoms in total. The van der Waals surface area contributed by atoms with E-state index < -0.39 is 46.8 Å². The van der Waals surface area contributed by atoms with Crippen molar-refractivity contribution in [3.8, 4) is 17.2 Å². The Bertz CT molecular complexity index is 2530. The molecule has 11 heteroatoms. The second kappa shape index (κ2) is 14.9. The summed E-state index contributed by atoms with van der Waals surface area (Å²) >= 11 is 6.44. The van der Waals surface area contributed by atoms with E-state index in [4.69, 9.17) is 21.1 Å². The number of carbonyl (C=O) groups excluding carboxylic acids is 4. The number of imide groups is 2. The van der Waals surface area contributed by atoms with Gasteiger partial charge in [0, 0.05) is 22.3 Å². The lowest BCUT2D eigenvalue weighted by Crippen LogP contribution is -2.54. The SMILES string of the molecule is COc1cc(C=C[C@H]2C3=CC[C@@H]4C(=O)N(c5ccc(Nc6ccccc6)cc5)C(=O)[C@@H]4[C@@H]3C[C@H]3C(=O)N(c4cccc(Cl)c4)C(=O)[C@@]23c2ccccc2)cc(OC)c1O. The predicted molar refractivity (Wildman–Crippen MR) is 226 cm³/mol. The van der Waals surface area contributed by atoms with Crippen molar-refractivity contribution in [1.29, 1.82) is 0 Å². The Morgan fingerprint density at radius 3 is 2.05 bits per heavy atom. The van der Waals surface area contributed by atoms with Crippen LogP contribution in [0.4, 0.5) is 22.7 Å². The van der Waals surface area contributed by atoms with Gasteiger partial charge in [-0.1, -0.05) is 90.0 Å². The van der Waals surface area contributed by atoms with Gasteiger partial charge in [-0.3, -0.25) is 24.1 Å². The van der Waals surface area contributed by atoms with Gasteiger partial charge in [-0.25, -0.2) is 4.90 Å².